The van der Waals surface area contributed by atoms with Crippen molar-refractivity contribution < 1.29 is 80.2 Å². The predicted molar refractivity (Wildman–Crippen MR) is 358 cm³/mol. The molecule has 0 rings (SSSR count). The minimum absolute atomic E-state index is 0.104. The van der Waals surface area contributed by atoms with E-state index in [1.165, 1.54) is 148 Å². The standard InChI is InChI=1S/C70H136O17P2/c1-9-62(7)48-40-32-24-18-20-27-35-43-51-68(73)81-57-66(87-70(75)53-45-37-29-21-19-25-33-41-49-63(8)10-2)59-85-89(78,79)83-55-64(71)54-82-88(76,77)84-58-65(56-80-67(72)50-42-34-26-17-13-15-23-31-39-47-61(5)6)86-69(74)52-44-36-28-16-12-11-14-22-30-38-46-60(3)4/h60-66,71H,9-59H2,1-8H3,(H,76,77)(H,78,79)/t62?,63?,64-,65-,66-/m1/s1. The van der Waals surface area contributed by atoms with Gasteiger partial charge < -0.3 is 33.8 Å². The van der Waals surface area contributed by atoms with Crippen LogP contribution in [0.1, 0.15) is 344 Å². The number of aliphatic hydroxyl groups excluding tert-OH is 1. The van der Waals surface area contributed by atoms with Gasteiger partial charge in [0.2, 0.25) is 0 Å². The minimum atomic E-state index is -4.95. The molecule has 0 aliphatic heterocycles. The third kappa shape index (κ3) is 62.0. The summed E-state index contributed by atoms with van der Waals surface area (Å²) in [5.74, 6) is 0.912. The van der Waals surface area contributed by atoms with E-state index < -0.39 is 97.5 Å². The molecule has 0 spiro atoms. The number of carbonyl (C=O) groups excluding carboxylic acids is 4. The Labute approximate surface area is 543 Å². The van der Waals surface area contributed by atoms with E-state index in [-0.39, 0.29) is 25.7 Å². The molecule has 528 valence electrons. The highest BCUT2D eigenvalue weighted by molar-refractivity contribution is 7.47. The summed E-state index contributed by atoms with van der Waals surface area (Å²) >= 11 is 0. The fraction of sp³-hybridized carbons (Fsp3) is 0.943. The summed E-state index contributed by atoms with van der Waals surface area (Å²) in [6, 6.07) is 0. The Morgan fingerprint density at radius 2 is 0.539 bits per heavy atom. The Balaban J connectivity index is 5.28. The number of carbonyl (C=O) groups is 4. The SMILES string of the molecule is CCC(C)CCCCCCCCCCC(=O)OC[C@H](COP(=O)(O)OC[C@H](O)COP(=O)(O)OC[C@@H](COC(=O)CCCCCCCCCCCC(C)C)OC(=O)CCCCCCCCCCCCC(C)C)OC(=O)CCCCCCCCCCC(C)CC. The zero-order chi connectivity index (χ0) is 66.1. The normalized spacial score (nSPS) is 14.9. The lowest BCUT2D eigenvalue weighted by atomic mass is 9.99. The molecule has 89 heavy (non-hydrogen) atoms. The van der Waals surface area contributed by atoms with E-state index >= 15 is 0 Å². The van der Waals surface area contributed by atoms with Crippen molar-refractivity contribution in [1.82, 2.24) is 0 Å². The van der Waals surface area contributed by atoms with Gasteiger partial charge in [0.25, 0.3) is 0 Å². The van der Waals surface area contributed by atoms with Gasteiger partial charge in [-0.3, -0.25) is 37.3 Å². The number of aliphatic hydroxyl groups is 1. The number of esters is 4. The minimum Gasteiger partial charge on any atom is -0.462 e. The van der Waals surface area contributed by atoms with Crippen molar-refractivity contribution in [2.24, 2.45) is 23.7 Å². The summed E-state index contributed by atoms with van der Waals surface area (Å²) in [6.07, 6.45) is 41.5. The number of rotatable bonds is 67. The second-order valence-corrected chi connectivity index (χ2v) is 29.6. The summed E-state index contributed by atoms with van der Waals surface area (Å²) in [6.45, 7) is 14.1. The fourth-order valence-corrected chi connectivity index (χ4v) is 12.0. The van der Waals surface area contributed by atoms with Crippen LogP contribution in [0, 0.1) is 23.7 Å². The Hall–Kier alpha value is -1.94. The number of phosphoric ester groups is 2. The zero-order valence-corrected chi connectivity index (χ0v) is 59.8. The van der Waals surface area contributed by atoms with E-state index in [0.717, 1.165) is 114 Å². The third-order valence-electron chi connectivity index (χ3n) is 16.8. The van der Waals surface area contributed by atoms with Gasteiger partial charge in [-0.15, -0.1) is 0 Å². The molecule has 7 atom stereocenters. The quantitative estimate of drug-likeness (QED) is 0.0222. The van der Waals surface area contributed by atoms with Crippen molar-refractivity contribution in [2.45, 2.75) is 363 Å². The number of phosphoric acid groups is 2. The molecule has 0 bridgehead atoms. The molecule has 3 N–H and O–H groups in total. The number of ether oxygens (including phenoxy) is 4. The number of unbranched alkanes of at least 4 members (excludes halogenated alkanes) is 31. The van der Waals surface area contributed by atoms with E-state index in [1.54, 1.807) is 0 Å². The van der Waals surface area contributed by atoms with Crippen LogP contribution in [0.25, 0.3) is 0 Å². The van der Waals surface area contributed by atoms with Gasteiger partial charge in [0.15, 0.2) is 12.2 Å². The second-order valence-electron chi connectivity index (χ2n) is 26.7. The van der Waals surface area contributed by atoms with Gasteiger partial charge in [0.05, 0.1) is 26.4 Å². The summed E-state index contributed by atoms with van der Waals surface area (Å²) < 4.78 is 68.3. The van der Waals surface area contributed by atoms with E-state index in [2.05, 4.69) is 55.4 Å². The molecule has 0 aliphatic rings. The van der Waals surface area contributed by atoms with Crippen LogP contribution in [-0.4, -0.2) is 96.7 Å². The molecule has 0 heterocycles. The van der Waals surface area contributed by atoms with Gasteiger partial charge in [0.1, 0.15) is 19.3 Å². The van der Waals surface area contributed by atoms with Crippen LogP contribution >= 0.6 is 15.6 Å². The maximum Gasteiger partial charge on any atom is 0.472 e. The van der Waals surface area contributed by atoms with Gasteiger partial charge >= 0.3 is 39.5 Å². The molecule has 0 aliphatic carbocycles. The number of hydrogen-bond donors (Lipinski definition) is 3. The Bertz CT molecular complexity index is 1770. The highest BCUT2D eigenvalue weighted by atomic mass is 31.2. The van der Waals surface area contributed by atoms with Crippen LogP contribution in [0.5, 0.6) is 0 Å². The van der Waals surface area contributed by atoms with Crippen LogP contribution < -0.4 is 0 Å². The first-order chi connectivity index (χ1) is 42.7. The Morgan fingerprint density at radius 3 is 0.798 bits per heavy atom. The highest BCUT2D eigenvalue weighted by Crippen LogP contribution is 2.45. The van der Waals surface area contributed by atoms with E-state index in [4.69, 9.17) is 37.0 Å². The lowest BCUT2D eigenvalue weighted by Gasteiger charge is -2.21. The molecular formula is C70H136O17P2. The molecule has 0 radical (unpaired) electrons. The van der Waals surface area contributed by atoms with Crippen LogP contribution in [0.15, 0.2) is 0 Å². The monoisotopic (exact) mass is 1310 g/mol. The van der Waals surface area contributed by atoms with Gasteiger partial charge in [-0.2, -0.15) is 0 Å². The first-order valence-electron chi connectivity index (χ1n) is 36.3. The molecule has 0 amide bonds. The molecule has 4 unspecified atom stereocenters. The summed E-state index contributed by atoms with van der Waals surface area (Å²) in [4.78, 5) is 72.6. The van der Waals surface area contributed by atoms with Gasteiger partial charge in [0, 0.05) is 25.7 Å². The van der Waals surface area contributed by atoms with Crippen molar-refractivity contribution in [3.8, 4) is 0 Å². The average molecular weight is 1310 g/mol. The fourth-order valence-electron chi connectivity index (χ4n) is 10.4. The largest absolute Gasteiger partial charge is 0.472 e. The smallest absolute Gasteiger partial charge is 0.462 e. The molecular weight excluding hydrogens is 1170 g/mol. The van der Waals surface area contributed by atoms with Crippen molar-refractivity contribution in [3.05, 3.63) is 0 Å². The zero-order valence-electron chi connectivity index (χ0n) is 58.1. The maximum atomic E-state index is 13.0. The first kappa shape index (κ1) is 87.1. The second kappa shape index (κ2) is 59.8. The van der Waals surface area contributed by atoms with Crippen LogP contribution in [-0.2, 0) is 65.4 Å². The third-order valence-corrected chi connectivity index (χ3v) is 18.7. The highest BCUT2D eigenvalue weighted by Gasteiger charge is 2.30. The molecule has 19 heteroatoms. The van der Waals surface area contributed by atoms with Crippen LogP contribution in [0.3, 0.4) is 0 Å². The lowest BCUT2D eigenvalue weighted by Crippen LogP contribution is -2.30. The lowest BCUT2D eigenvalue weighted by molar-refractivity contribution is -0.161. The molecule has 0 fully saturated rings. The van der Waals surface area contributed by atoms with Crippen molar-refractivity contribution >= 4 is 39.5 Å². The van der Waals surface area contributed by atoms with Crippen molar-refractivity contribution in [2.75, 3.05) is 39.6 Å². The molecule has 17 nitrogen and oxygen atoms in total. The maximum absolute atomic E-state index is 13.0. The summed E-state index contributed by atoms with van der Waals surface area (Å²) in [5.41, 5.74) is 0. The molecule has 0 aromatic heterocycles. The van der Waals surface area contributed by atoms with Gasteiger partial charge in [-0.25, -0.2) is 9.13 Å². The van der Waals surface area contributed by atoms with E-state index in [9.17, 15) is 43.2 Å². The summed E-state index contributed by atoms with van der Waals surface area (Å²) in [7, 11) is -9.90. The Morgan fingerprint density at radius 1 is 0.315 bits per heavy atom. The topological polar surface area (TPSA) is 237 Å². The average Bonchev–Trinajstić information content (AvgIpc) is 3.65. The summed E-state index contributed by atoms with van der Waals surface area (Å²) in [5, 5.41) is 10.6. The molecule has 0 saturated carbocycles. The number of hydrogen-bond acceptors (Lipinski definition) is 15. The van der Waals surface area contributed by atoms with Gasteiger partial charge in [-0.1, -0.05) is 293 Å². The predicted octanol–water partition coefficient (Wildman–Crippen LogP) is 19.7. The first-order valence-corrected chi connectivity index (χ1v) is 39.3. The van der Waals surface area contributed by atoms with E-state index in [0.29, 0.717) is 25.7 Å². The molecule has 0 aromatic rings. The Kier molecular flexibility index (Phi) is 58.5. The molecule has 0 aromatic carbocycles. The molecule has 0 saturated heterocycles. The van der Waals surface area contributed by atoms with Gasteiger partial charge in [-0.05, 0) is 49.4 Å². The van der Waals surface area contributed by atoms with Crippen LogP contribution in [0.2, 0.25) is 0 Å². The van der Waals surface area contributed by atoms with Crippen molar-refractivity contribution in [3.63, 3.8) is 0 Å². The van der Waals surface area contributed by atoms with Crippen LogP contribution in [0.4, 0.5) is 0 Å². The van der Waals surface area contributed by atoms with E-state index in [1.807, 2.05) is 0 Å². The van der Waals surface area contributed by atoms with Crippen molar-refractivity contribution in [1.29, 1.82) is 0 Å².